The largest absolute Gasteiger partial charge is 0.421 e. The lowest BCUT2D eigenvalue weighted by molar-refractivity contribution is 0.128. The van der Waals surface area contributed by atoms with Gasteiger partial charge >= 0.3 is 5.76 Å². The molecule has 0 amide bonds. The van der Waals surface area contributed by atoms with Crippen LogP contribution in [0.4, 0.5) is 10.3 Å². The molecule has 1 atom stereocenters. The first-order valence-electron chi connectivity index (χ1n) is 8.89. The molecule has 0 saturated carbocycles. The molecule has 1 N–H and O–H groups in total. The SMILES string of the molecule is COCn1c(=O)oc2ccc(-c3cnc(NC(C)c4ccc(F)cc4)nn3)cc21. The van der Waals surface area contributed by atoms with Crippen LogP contribution >= 0.6 is 0 Å². The molecule has 29 heavy (non-hydrogen) atoms. The molecule has 0 radical (unpaired) electrons. The van der Waals surface area contributed by atoms with Crippen LogP contribution in [0.25, 0.3) is 22.4 Å². The van der Waals surface area contributed by atoms with Crippen LogP contribution in [0.15, 0.2) is 57.9 Å². The van der Waals surface area contributed by atoms with E-state index < -0.39 is 5.76 Å². The third-order valence-corrected chi connectivity index (χ3v) is 4.50. The molecule has 148 valence electrons. The molecule has 0 saturated heterocycles. The van der Waals surface area contributed by atoms with Crippen LogP contribution in [-0.4, -0.2) is 26.9 Å². The minimum atomic E-state index is -0.488. The maximum atomic E-state index is 13.1. The topological polar surface area (TPSA) is 95.1 Å². The van der Waals surface area contributed by atoms with Gasteiger partial charge in [-0.25, -0.2) is 18.7 Å². The summed E-state index contributed by atoms with van der Waals surface area (Å²) in [6.07, 6.45) is 1.59. The molecule has 9 heteroatoms. The van der Waals surface area contributed by atoms with Crippen molar-refractivity contribution in [1.82, 2.24) is 19.7 Å². The van der Waals surface area contributed by atoms with Gasteiger partial charge in [0.05, 0.1) is 17.8 Å². The van der Waals surface area contributed by atoms with Crippen LogP contribution in [0.5, 0.6) is 0 Å². The Balaban J connectivity index is 1.56. The number of fused-ring (bicyclic) bond motifs is 1. The number of methoxy groups -OCH3 is 1. The van der Waals surface area contributed by atoms with Gasteiger partial charge in [0.1, 0.15) is 18.2 Å². The van der Waals surface area contributed by atoms with Crippen molar-refractivity contribution in [3.05, 3.63) is 70.6 Å². The van der Waals surface area contributed by atoms with Gasteiger partial charge in [0.25, 0.3) is 0 Å². The second-order valence-corrected chi connectivity index (χ2v) is 6.48. The van der Waals surface area contributed by atoms with E-state index in [-0.39, 0.29) is 18.6 Å². The van der Waals surface area contributed by atoms with Gasteiger partial charge in [-0.3, -0.25) is 0 Å². The lowest BCUT2D eigenvalue weighted by Crippen LogP contribution is -2.14. The van der Waals surface area contributed by atoms with E-state index in [0.717, 1.165) is 11.1 Å². The molecule has 0 aliphatic heterocycles. The Kier molecular flexibility index (Phi) is 5.05. The Bertz CT molecular complexity index is 1190. The fraction of sp³-hybridized carbons (Fsp3) is 0.200. The molecule has 0 bridgehead atoms. The quantitative estimate of drug-likeness (QED) is 0.535. The summed E-state index contributed by atoms with van der Waals surface area (Å²) in [5, 5.41) is 11.5. The zero-order valence-electron chi connectivity index (χ0n) is 15.8. The predicted molar refractivity (Wildman–Crippen MR) is 105 cm³/mol. The number of anilines is 1. The Morgan fingerprint density at radius 1 is 1.21 bits per heavy atom. The molecule has 8 nitrogen and oxygen atoms in total. The molecule has 0 spiro atoms. The average molecular weight is 395 g/mol. The van der Waals surface area contributed by atoms with Gasteiger partial charge in [0, 0.05) is 12.7 Å². The van der Waals surface area contributed by atoms with Gasteiger partial charge in [-0.05, 0) is 42.8 Å². The van der Waals surface area contributed by atoms with Crippen molar-refractivity contribution in [2.45, 2.75) is 19.7 Å². The third-order valence-electron chi connectivity index (χ3n) is 4.50. The number of oxazole rings is 1. The fourth-order valence-electron chi connectivity index (χ4n) is 2.97. The lowest BCUT2D eigenvalue weighted by Gasteiger charge is -2.13. The molecular formula is C20H18FN5O3. The lowest BCUT2D eigenvalue weighted by atomic mass is 10.1. The monoisotopic (exact) mass is 395 g/mol. The summed E-state index contributed by atoms with van der Waals surface area (Å²) in [7, 11) is 1.50. The number of benzene rings is 2. The zero-order chi connectivity index (χ0) is 20.4. The van der Waals surface area contributed by atoms with Crippen molar-refractivity contribution in [3.63, 3.8) is 0 Å². The number of nitrogens with zero attached hydrogens (tertiary/aromatic N) is 4. The van der Waals surface area contributed by atoms with Crippen molar-refractivity contribution in [1.29, 1.82) is 0 Å². The van der Waals surface area contributed by atoms with Gasteiger partial charge in [-0.15, -0.1) is 10.2 Å². The van der Waals surface area contributed by atoms with E-state index in [1.165, 1.54) is 23.8 Å². The van der Waals surface area contributed by atoms with Crippen molar-refractivity contribution < 1.29 is 13.5 Å². The summed E-state index contributed by atoms with van der Waals surface area (Å²) in [4.78, 5) is 16.2. The van der Waals surface area contributed by atoms with Gasteiger partial charge in [-0.1, -0.05) is 12.1 Å². The number of hydrogen-bond acceptors (Lipinski definition) is 7. The first-order valence-corrected chi connectivity index (χ1v) is 8.89. The van der Waals surface area contributed by atoms with Crippen molar-refractivity contribution in [2.75, 3.05) is 12.4 Å². The number of nitrogens with one attached hydrogen (secondary N) is 1. The Morgan fingerprint density at radius 3 is 2.69 bits per heavy atom. The van der Waals surface area contributed by atoms with Crippen LogP contribution in [-0.2, 0) is 11.5 Å². The summed E-state index contributed by atoms with van der Waals surface area (Å²) >= 11 is 0. The number of ether oxygens (including phenoxy) is 1. The first kappa shape index (κ1) is 18.8. The number of halogens is 1. The van der Waals surface area contributed by atoms with Crippen LogP contribution in [0.2, 0.25) is 0 Å². The molecule has 4 aromatic rings. The summed E-state index contributed by atoms with van der Waals surface area (Å²) in [6, 6.07) is 11.4. The highest BCUT2D eigenvalue weighted by atomic mass is 19.1. The third kappa shape index (κ3) is 3.85. The normalized spacial score (nSPS) is 12.2. The van der Waals surface area contributed by atoms with E-state index in [9.17, 15) is 9.18 Å². The maximum absolute atomic E-state index is 13.1. The molecule has 2 heterocycles. The zero-order valence-corrected chi connectivity index (χ0v) is 15.8. The molecule has 2 aromatic carbocycles. The molecule has 4 rings (SSSR count). The molecule has 0 aliphatic rings. The van der Waals surface area contributed by atoms with Gasteiger partial charge in [0.2, 0.25) is 5.95 Å². The van der Waals surface area contributed by atoms with Crippen molar-refractivity contribution in [2.24, 2.45) is 0 Å². The van der Waals surface area contributed by atoms with Gasteiger partial charge in [-0.2, -0.15) is 0 Å². The number of aromatic nitrogens is 4. The number of rotatable bonds is 6. The smallest absolute Gasteiger partial charge is 0.408 e. The summed E-state index contributed by atoms with van der Waals surface area (Å²) in [5.41, 5.74) is 3.25. The predicted octanol–water partition coefficient (Wildman–Crippen LogP) is 3.36. The van der Waals surface area contributed by atoms with E-state index in [4.69, 9.17) is 9.15 Å². The second-order valence-electron chi connectivity index (χ2n) is 6.48. The number of hydrogen-bond donors (Lipinski definition) is 1. The molecule has 2 aromatic heterocycles. The van der Waals surface area contributed by atoms with E-state index in [1.54, 1.807) is 36.5 Å². The molecule has 0 fully saturated rings. The van der Waals surface area contributed by atoms with Crippen LogP contribution in [0, 0.1) is 5.82 Å². The van der Waals surface area contributed by atoms with E-state index >= 15 is 0 Å². The summed E-state index contributed by atoms with van der Waals surface area (Å²) in [5.74, 6) is -0.419. The first-order chi connectivity index (χ1) is 14.0. The molecule has 0 aliphatic carbocycles. The highest BCUT2D eigenvalue weighted by Gasteiger charge is 2.12. The van der Waals surface area contributed by atoms with Crippen LogP contribution in [0.3, 0.4) is 0 Å². The molecule has 1 unspecified atom stereocenters. The van der Waals surface area contributed by atoms with Crippen LogP contribution in [0.1, 0.15) is 18.5 Å². The van der Waals surface area contributed by atoms with Gasteiger partial charge in [0.15, 0.2) is 5.58 Å². The minimum absolute atomic E-state index is 0.0867. The Hall–Kier alpha value is -3.59. The Labute approximate surface area is 165 Å². The van der Waals surface area contributed by atoms with E-state index in [1.807, 2.05) is 6.92 Å². The van der Waals surface area contributed by atoms with Gasteiger partial charge < -0.3 is 14.5 Å². The fourth-order valence-corrected chi connectivity index (χ4v) is 2.97. The van der Waals surface area contributed by atoms with Crippen molar-refractivity contribution >= 4 is 17.0 Å². The summed E-state index contributed by atoms with van der Waals surface area (Å²) in [6.45, 7) is 2.01. The van der Waals surface area contributed by atoms with Crippen LogP contribution < -0.4 is 11.1 Å². The van der Waals surface area contributed by atoms with E-state index in [2.05, 4.69) is 20.5 Å². The van der Waals surface area contributed by atoms with E-state index in [0.29, 0.717) is 22.7 Å². The van der Waals surface area contributed by atoms with Crippen molar-refractivity contribution in [3.8, 4) is 11.3 Å². The summed E-state index contributed by atoms with van der Waals surface area (Å²) < 4.78 is 24.7. The minimum Gasteiger partial charge on any atom is -0.408 e. The Morgan fingerprint density at radius 2 is 2.00 bits per heavy atom. The second kappa shape index (κ2) is 7.80. The standard InChI is InChI=1S/C20H18FN5O3/c1-12(13-3-6-15(21)7-4-13)23-19-22-10-16(24-25-19)14-5-8-18-17(9-14)26(11-28-2)20(27)29-18/h3-10,12H,11H2,1-2H3,(H,22,23,25). The highest BCUT2D eigenvalue weighted by Crippen LogP contribution is 2.23. The maximum Gasteiger partial charge on any atom is 0.421 e. The molecular weight excluding hydrogens is 377 g/mol. The average Bonchev–Trinajstić information content (AvgIpc) is 3.04. The highest BCUT2D eigenvalue weighted by molar-refractivity contribution is 5.79.